The first-order valence-electron chi connectivity index (χ1n) is 5.66. The fourth-order valence-corrected chi connectivity index (χ4v) is 2.64. The zero-order valence-electron chi connectivity index (χ0n) is 9.87. The lowest BCUT2D eigenvalue weighted by molar-refractivity contribution is 0.0997. The second kappa shape index (κ2) is 5.63. The van der Waals surface area contributed by atoms with Crippen LogP contribution < -0.4 is 0 Å². The summed E-state index contributed by atoms with van der Waals surface area (Å²) in [5.41, 5.74) is 0.647. The molecule has 0 fully saturated rings. The molecule has 2 rings (SSSR count). The van der Waals surface area contributed by atoms with E-state index in [1.165, 1.54) is 28.3 Å². The summed E-state index contributed by atoms with van der Waals surface area (Å²) in [6, 6.07) is 8.26. The van der Waals surface area contributed by atoms with Crippen LogP contribution in [0, 0.1) is 5.82 Å². The average molecular weight is 283 g/mol. The van der Waals surface area contributed by atoms with E-state index in [0.717, 1.165) is 11.3 Å². The molecule has 1 aromatic heterocycles. The fourth-order valence-electron chi connectivity index (χ4n) is 1.64. The minimum atomic E-state index is -0.484. The number of thiophene rings is 1. The fraction of sp³-hybridized carbons (Fsp3) is 0.214. The van der Waals surface area contributed by atoms with E-state index in [4.69, 9.17) is 11.6 Å². The maximum absolute atomic E-state index is 13.3. The SMILES string of the molecule is CCc1ccc(C(=O)Cc2ccc(Cl)c(F)c2)s1. The van der Waals surface area contributed by atoms with Gasteiger partial charge in [0.1, 0.15) is 5.82 Å². The first-order chi connectivity index (χ1) is 8.60. The molecule has 0 aliphatic rings. The van der Waals surface area contributed by atoms with Gasteiger partial charge in [0.15, 0.2) is 5.78 Å². The molecule has 94 valence electrons. The Hall–Kier alpha value is -1.19. The van der Waals surface area contributed by atoms with Gasteiger partial charge in [-0.1, -0.05) is 24.6 Å². The van der Waals surface area contributed by atoms with Crippen molar-refractivity contribution in [3.05, 3.63) is 56.5 Å². The van der Waals surface area contributed by atoms with Crippen LogP contribution in [0.15, 0.2) is 30.3 Å². The number of benzene rings is 1. The number of carbonyl (C=O) groups is 1. The molecule has 0 N–H and O–H groups in total. The predicted molar refractivity (Wildman–Crippen MR) is 73.1 cm³/mol. The molecule has 0 radical (unpaired) electrons. The molecule has 18 heavy (non-hydrogen) atoms. The van der Waals surface area contributed by atoms with E-state index in [2.05, 4.69) is 6.92 Å². The molecule has 0 unspecified atom stereocenters. The van der Waals surface area contributed by atoms with E-state index in [-0.39, 0.29) is 17.2 Å². The predicted octanol–water partition coefficient (Wildman–Crippen LogP) is 4.53. The smallest absolute Gasteiger partial charge is 0.177 e. The second-order valence-electron chi connectivity index (χ2n) is 3.97. The zero-order valence-corrected chi connectivity index (χ0v) is 11.4. The summed E-state index contributed by atoms with van der Waals surface area (Å²) < 4.78 is 13.3. The molecule has 0 aliphatic heterocycles. The molecule has 0 spiro atoms. The van der Waals surface area contributed by atoms with Gasteiger partial charge in [-0.25, -0.2) is 4.39 Å². The van der Waals surface area contributed by atoms with Gasteiger partial charge in [0, 0.05) is 11.3 Å². The second-order valence-corrected chi connectivity index (χ2v) is 5.54. The van der Waals surface area contributed by atoms with Crippen LogP contribution in [0.4, 0.5) is 4.39 Å². The minimum absolute atomic E-state index is 0.0152. The molecular formula is C14H12ClFOS. The minimum Gasteiger partial charge on any atom is -0.293 e. The molecule has 2 aromatic rings. The van der Waals surface area contributed by atoms with Crippen molar-refractivity contribution in [3.8, 4) is 0 Å². The third-order valence-corrected chi connectivity index (χ3v) is 4.21. The van der Waals surface area contributed by atoms with Gasteiger partial charge in [-0.05, 0) is 36.2 Å². The quantitative estimate of drug-likeness (QED) is 0.753. The van der Waals surface area contributed by atoms with Crippen LogP contribution in [0.25, 0.3) is 0 Å². The van der Waals surface area contributed by atoms with E-state index in [0.29, 0.717) is 5.56 Å². The van der Waals surface area contributed by atoms with Crippen molar-refractivity contribution in [1.82, 2.24) is 0 Å². The highest BCUT2D eigenvalue weighted by molar-refractivity contribution is 7.14. The van der Waals surface area contributed by atoms with Gasteiger partial charge in [0.25, 0.3) is 0 Å². The van der Waals surface area contributed by atoms with Crippen molar-refractivity contribution >= 4 is 28.7 Å². The summed E-state index contributed by atoms with van der Waals surface area (Å²) in [7, 11) is 0. The van der Waals surface area contributed by atoms with Gasteiger partial charge >= 0.3 is 0 Å². The van der Waals surface area contributed by atoms with Crippen molar-refractivity contribution in [2.24, 2.45) is 0 Å². The summed E-state index contributed by atoms with van der Waals surface area (Å²) in [4.78, 5) is 13.9. The van der Waals surface area contributed by atoms with Gasteiger partial charge in [0.05, 0.1) is 9.90 Å². The van der Waals surface area contributed by atoms with Gasteiger partial charge < -0.3 is 0 Å². The summed E-state index contributed by atoms with van der Waals surface area (Å²) in [6.45, 7) is 2.05. The number of aryl methyl sites for hydroxylation is 1. The Labute approximate surface area is 114 Å². The third-order valence-electron chi connectivity index (χ3n) is 2.63. The number of halogens is 2. The standard InChI is InChI=1S/C14H12ClFOS/c1-2-10-4-6-14(18-10)13(17)8-9-3-5-11(15)12(16)7-9/h3-7H,2,8H2,1H3. The Morgan fingerprint density at radius 2 is 2.11 bits per heavy atom. The van der Waals surface area contributed by atoms with Gasteiger partial charge in [-0.2, -0.15) is 0 Å². The van der Waals surface area contributed by atoms with Gasteiger partial charge in [-0.15, -0.1) is 11.3 Å². The zero-order chi connectivity index (χ0) is 13.1. The summed E-state index contributed by atoms with van der Waals surface area (Å²) in [5, 5.41) is 0.0793. The molecule has 1 heterocycles. The van der Waals surface area contributed by atoms with Crippen molar-refractivity contribution in [2.45, 2.75) is 19.8 Å². The molecule has 0 atom stereocenters. The van der Waals surface area contributed by atoms with Crippen LogP contribution in [0.2, 0.25) is 5.02 Å². The number of ketones is 1. The topological polar surface area (TPSA) is 17.1 Å². The highest BCUT2D eigenvalue weighted by Crippen LogP contribution is 2.21. The molecule has 0 bridgehead atoms. The summed E-state index contributed by atoms with van der Waals surface area (Å²) in [5.74, 6) is -0.469. The van der Waals surface area contributed by atoms with Crippen LogP contribution in [0.3, 0.4) is 0 Å². The average Bonchev–Trinajstić information content (AvgIpc) is 2.82. The van der Waals surface area contributed by atoms with Crippen LogP contribution in [0.1, 0.15) is 27.0 Å². The molecule has 4 heteroatoms. The van der Waals surface area contributed by atoms with E-state index < -0.39 is 5.82 Å². The largest absolute Gasteiger partial charge is 0.293 e. The Bertz CT molecular complexity index is 577. The first-order valence-corrected chi connectivity index (χ1v) is 6.85. The first kappa shape index (κ1) is 13.2. The van der Waals surface area contributed by atoms with Crippen LogP contribution in [0.5, 0.6) is 0 Å². The number of rotatable bonds is 4. The highest BCUT2D eigenvalue weighted by Gasteiger charge is 2.11. The lowest BCUT2D eigenvalue weighted by Crippen LogP contribution is -2.01. The van der Waals surface area contributed by atoms with Crippen molar-refractivity contribution in [2.75, 3.05) is 0 Å². The van der Waals surface area contributed by atoms with Crippen LogP contribution in [-0.4, -0.2) is 5.78 Å². The lowest BCUT2D eigenvalue weighted by Gasteiger charge is -2.01. The number of hydrogen-bond acceptors (Lipinski definition) is 2. The van der Waals surface area contributed by atoms with Crippen molar-refractivity contribution in [3.63, 3.8) is 0 Å². The normalized spacial score (nSPS) is 10.6. The molecule has 0 saturated carbocycles. The molecule has 1 nitrogen and oxygen atoms in total. The Balaban J connectivity index is 2.13. The van der Waals surface area contributed by atoms with E-state index in [1.54, 1.807) is 6.07 Å². The summed E-state index contributed by atoms with van der Waals surface area (Å²) in [6.07, 6.45) is 1.13. The number of hydrogen-bond donors (Lipinski definition) is 0. The van der Waals surface area contributed by atoms with E-state index in [9.17, 15) is 9.18 Å². The maximum Gasteiger partial charge on any atom is 0.177 e. The van der Waals surface area contributed by atoms with Gasteiger partial charge in [0.2, 0.25) is 0 Å². The summed E-state index contributed by atoms with van der Waals surface area (Å²) >= 11 is 7.10. The number of Topliss-reactive ketones (excluding diaryl/α,β-unsaturated/α-hetero) is 1. The van der Waals surface area contributed by atoms with Crippen molar-refractivity contribution in [1.29, 1.82) is 0 Å². The third kappa shape index (κ3) is 2.98. The molecule has 0 saturated heterocycles. The number of carbonyl (C=O) groups excluding carboxylic acids is 1. The van der Waals surface area contributed by atoms with Crippen LogP contribution >= 0.6 is 22.9 Å². The molecular weight excluding hydrogens is 271 g/mol. The van der Waals surface area contributed by atoms with Crippen molar-refractivity contribution < 1.29 is 9.18 Å². The van der Waals surface area contributed by atoms with Gasteiger partial charge in [-0.3, -0.25) is 4.79 Å². The lowest BCUT2D eigenvalue weighted by atomic mass is 10.1. The van der Waals surface area contributed by atoms with Crippen LogP contribution in [-0.2, 0) is 12.8 Å². The highest BCUT2D eigenvalue weighted by atomic mass is 35.5. The molecule has 1 aromatic carbocycles. The Kier molecular flexibility index (Phi) is 4.15. The monoisotopic (exact) mass is 282 g/mol. The molecule has 0 aliphatic carbocycles. The molecule has 0 amide bonds. The maximum atomic E-state index is 13.3. The van der Waals surface area contributed by atoms with E-state index in [1.807, 2.05) is 12.1 Å². The Morgan fingerprint density at radius 1 is 1.33 bits per heavy atom. The van der Waals surface area contributed by atoms with E-state index >= 15 is 0 Å². The Morgan fingerprint density at radius 3 is 2.72 bits per heavy atom.